The highest BCUT2D eigenvalue weighted by atomic mass is 79.9. The topological polar surface area (TPSA) is 89.3 Å². The van der Waals surface area contributed by atoms with E-state index in [-0.39, 0.29) is 26.2 Å². The van der Waals surface area contributed by atoms with Gasteiger partial charge in [-0.25, -0.2) is 8.42 Å². The van der Waals surface area contributed by atoms with Crippen molar-refractivity contribution in [3.05, 3.63) is 48.8 Å². The van der Waals surface area contributed by atoms with Crippen LogP contribution in [0.3, 0.4) is 0 Å². The molecule has 0 bridgehead atoms. The van der Waals surface area contributed by atoms with E-state index in [9.17, 15) is 18.5 Å². The van der Waals surface area contributed by atoms with E-state index in [4.69, 9.17) is 11.6 Å². The summed E-state index contributed by atoms with van der Waals surface area (Å²) in [5, 5.41) is 11.2. The van der Waals surface area contributed by atoms with Gasteiger partial charge in [0.25, 0.3) is 15.7 Å². The zero-order chi connectivity index (χ0) is 15.8. The van der Waals surface area contributed by atoms with Gasteiger partial charge in [0.1, 0.15) is 4.21 Å². The number of nitrogens with one attached hydrogen (secondary N) is 1. The Hall–Kier alpha value is -1.16. The Morgan fingerprint density at radius 1 is 1.43 bits per heavy atom. The predicted molar refractivity (Wildman–Crippen MR) is 85.7 cm³/mol. The minimum absolute atomic E-state index is 0.0188. The van der Waals surface area contributed by atoms with Crippen molar-refractivity contribution in [3.63, 3.8) is 0 Å². The molecule has 0 amide bonds. The standard InChI is InChI=1S/C11H8BrClN2O4S2/c1-6-8(3-2-4-9(6)15(16)17)14-21(18,19)10-5-7(13)11(12)20-10/h2-5,14H,1H3. The maximum atomic E-state index is 12.3. The van der Waals surface area contributed by atoms with Crippen LogP contribution in [0.25, 0.3) is 0 Å². The molecule has 0 spiro atoms. The van der Waals surface area contributed by atoms with Gasteiger partial charge in [-0.05, 0) is 35.0 Å². The molecule has 1 aromatic heterocycles. The van der Waals surface area contributed by atoms with E-state index in [1.165, 1.54) is 31.2 Å². The van der Waals surface area contributed by atoms with Crippen LogP contribution in [-0.4, -0.2) is 13.3 Å². The Balaban J connectivity index is 2.42. The van der Waals surface area contributed by atoms with E-state index in [0.717, 1.165) is 11.3 Å². The molecule has 0 aliphatic rings. The number of nitro benzene ring substituents is 1. The van der Waals surface area contributed by atoms with Crippen LogP contribution in [0.4, 0.5) is 11.4 Å². The lowest BCUT2D eigenvalue weighted by Gasteiger charge is -2.09. The third-order valence-electron chi connectivity index (χ3n) is 2.63. The molecule has 0 saturated heterocycles. The fourth-order valence-corrected chi connectivity index (χ4v) is 5.11. The smallest absolute Gasteiger partial charge is 0.274 e. The second-order valence-corrected chi connectivity index (χ2v) is 8.69. The van der Waals surface area contributed by atoms with Crippen molar-refractivity contribution in [2.24, 2.45) is 0 Å². The van der Waals surface area contributed by atoms with Crippen molar-refractivity contribution in [1.82, 2.24) is 0 Å². The van der Waals surface area contributed by atoms with Crippen LogP contribution in [0, 0.1) is 17.0 Å². The van der Waals surface area contributed by atoms with Crippen LogP contribution < -0.4 is 4.72 Å². The molecule has 21 heavy (non-hydrogen) atoms. The first-order valence-corrected chi connectivity index (χ1v) is 8.91. The summed E-state index contributed by atoms with van der Waals surface area (Å²) in [6, 6.07) is 5.50. The fraction of sp³-hybridized carbons (Fsp3) is 0.0909. The van der Waals surface area contributed by atoms with Gasteiger partial charge in [-0.15, -0.1) is 11.3 Å². The van der Waals surface area contributed by atoms with Gasteiger partial charge >= 0.3 is 0 Å². The number of rotatable bonds is 4. The summed E-state index contributed by atoms with van der Waals surface area (Å²) in [5.41, 5.74) is 0.248. The molecule has 10 heteroatoms. The molecule has 0 unspecified atom stereocenters. The molecular formula is C11H8BrClN2O4S2. The summed E-state index contributed by atoms with van der Waals surface area (Å²) >= 11 is 9.92. The van der Waals surface area contributed by atoms with E-state index in [1.807, 2.05) is 0 Å². The normalized spacial score (nSPS) is 11.4. The maximum Gasteiger partial charge on any atom is 0.274 e. The highest BCUT2D eigenvalue weighted by Gasteiger charge is 2.22. The van der Waals surface area contributed by atoms with Crippen LogP contribution in [0.1, 0.15) is 5.56 Å². The second-order valence-electron chi connectivity index (χ2n) is 4.00. The van der Waals surface area contributed by atoms with E-state index in [2.05, 4.69) is 20.7 Å². The predicted octanol–water partition coefficient (Wildman–Crippen LogP) is 4.18. The van der Waals surface area contributed by atoms with Crippen LogP contribution in [0.15, 0.2) is 32.3 Å². The molecule has 1 aromatic carbocycles. The Kier molecular flexibility index (Phi) is 4.57. The van der Waals surface area contributed by atoms with Gasteiger partial charge in [-0.2, -0.15) is 0 Å². The van der Waals surface area contributed by atoms with Crippen molar-refractivity contribution >= 4 is 60.3 Å². The average molecular weight is 412 g/mol. The lowest BCUT2D eigenvalue weighted by molar-refractivity contribution is -0.385. The number of sulfonamides is 1. The van der Waals surface area contributed by atoms with Crippen LogP contribution in [-0.2, 0) is 10.0 Å². The first kappa shape index (κ1) is 16.2. The van der Waals surface area contributed by atoms with Crippen molar-refractivity contribution in [2.45, 2.75) is 11.1 Å². The van der Waals surface area contributed by atoms with Crippen molar-refractivity contribution in [3.8, 4) is 0 Å². The molecule has 0 aliphatic heterocycles. The second kappa shape index (κ2) is 5.91. The third-order valence-corrected chi connectivity index (χ3v) is 6.95. The summed E-state index contributed by atoms with van der Waals surface area (Å²) in [6.07, 6.45) is 0. The Labute approximate surface area is 138 Å². The third kappa shape index (κ3) is 3.37. The molecule has 0 saturated carbocycles. The van der Waals surface area contributed by atoms with Gasteiger partial charge < -0.3 is 0 Å². The fourth-order valence-electron chi connectivity index (χ4n) is 1.59. The van der Waals surface area contributed by atoms with Gasteiger partial charge in [-0.3, -0.25) is 14.8 Å². The molecule has 0 aliphatic carbocycles. The highest BCUT2D eigenvalue weighted by molar-refractivity contribution is 9.11. The largest absolute Gasteiger partial charge is 0.278 e. The van der Waals surface area contributed by atoms with Gasteiger partial charge in [0.15, 0.2) is 0 Å². The summed E-state index contributed by atoms with van der Waals surface area (Å²) < 4.78 is 27.4. The number of benzene rings is 1. The van der Waals surface area contributed by atoms with Crippen LogP contribution >= 0.6 is 38.9 Å². The Morgan fingerprint density at radius 2 is 2.10 bits per heavy atom. The Bertz CT molecular complexity index is 800. The summed E-state index contributed by atoms with van der Waals surface area (Å²) in [5.74, 6) is 0. The molecule has 2 rings (SSSR count). The van der Waals surface area contributed by atoms with Crippen molar-refractivity contribution in [1.29, 1.82) is 0 Å². The number of halogens is 2. The first-order chi connectivity index (χ1) is 9.72. The summed E-state index contributed by atoms with van der Waals surface area (Å²) in [6.45, 7) is 1.48. The van der Waals surface area contributed by atoms with E-state index in [0.29, 0.717) is 3.79 Å². The molecule has 1 heterocycles. The minimum Gasteiger partial charge on any atom is -0.278 e. The number of hydrogen-bond donors (Lipinski definition) is 1. The highest BCUT2D eigenvalue weighted by Crippen LogP contribution is 2.36. The van der Waals surface area contributed by atoms with Gasteiger partial charge in [0, 0.05) is 6.07 Å². The van der Waals surface area contributed by atoms with Crippen LogP contribution in [0.2, 0.25) is 5.02 Å². The zero-order valence-corrected chi connectivity index (χ0v) is 14.4. The Morgan fingerprint density at radius 3 is 2.62 bits per heavy atom. The molecule has 112 valence electrons. The lowest BCUT2D eigenvalue weighted by Crippen LogP contribution is -2.12. The van der Waals surface area contributed by atoms with E-state index >= 15 is 0 Å². The molecule has 6 nitrogen and oxygen atoms in total. The van der Waals surface area contributed by atoms with E-state index in [1.54, 1.807) is 0 Å². The molecule has 2 aromatic rings. The lowest BCUT2D eigenvalue weighted by atomic mass is 10.2. The van der Waals surface area contributed by atoms with Crippen LogP contribution in [0.5, 0.6) is 0 Å². The maximum absolute atomic E-state index is 12.3. The van der Waals surface area contributed by atoms with Crippen molar-refractivity contribution < 1.29 is 13.3 Å². The number of hydrogen-bond acceptors (Lipinski definition) is 5. The number of nitrogens with zero attached hydrogens (tertiary/aromatic N) is 1. The number of thiophene rings is 1. The number of nitro groups is 1. The van der Waals surface area contributed by atoms with Gasteiger partial charge in [0.05, 0.1) is 25.0 Å². The molecule has 0 fully saturated rings. The van der Waals surface area contributed by atoms with Crippen molar-refractivity contribution in [2.75, 3.05) is 4.72 Å². The van der Waals surface area contributed by atoms with Gasteiger partial charge in [-0.1, -0.05) is 17.7 Å². The number of anilines is 1. The minimum atomic E-state index is -3.85. The summed E-state index contributed by atoms with van der Waals surface area (Å²) in [7, 11) is -3.85. The summed E-state index contributed by atoms with van der Waals surface area (Å²) in [4.78, 5) is 10.3. The first-order valence-electron chi connectivity index (χ1n) is 5.44. The SMILES string of the molecule is Cc1c(NS(=O)(=O)c2cc(Cl)c(Br)s2)cccc1[N+](=O)[O-]. The molecule has 0 radical (unpaired) electrons. The zero-order valence-electron chi connectivity index (χ0n) is 10.5. The molecule has 1 N–H and O–H groups in total. The quantitative estimate of drug-likeness (QED) is 0.603. The van der Waals surface area contributed by atoms with Gasteiger partial charge in [0.2, 0.25) is 0 Å². The molecule has 0 atom stereocenters. The molecular weight excluding hydrogens is 404 g/mol. The monoisotopic (exact) mass is 410 g/mol. The van der Waals surface area contributed by atoms with E-state index < -0.39 is 14.9 Å². The average Bonchev–Trinajstić information content (AvgIpc) is 2.72.